The summed E-state index contributed by atoms with van der Waals surface area (Å²) in [5.74, 6) is 0.775. The Morgan fingerprint density at radius 2 is 2.12 bits per heavy atom. The van der Waals surface area contributed by atoms with Crippen molar-refractivity contribution in [1.29, 1.82) is 0 Å². The molecule has 1 aromatic carbocycles. The Morgan fingerprint density at radius 1 is 1.44 bits per heavy atom. The molecule has 0 aliphatic heterocycles. The highest BCUT2D eigenvalue weighted by Gasteiger charge is 2.04. The first-order valence-corrected chi connectivity index (χ1v) is 4.97. The molecule has 0 amide bonds. The van der Waals surface area contributed by atoms with Crippen molar-refractivity contribution in [3.05, 3.63) is 29.8 Å². The number of benzene rings is 1. The van der Waals surface area contributed by atoms with Crippen LogP contribution in [0.4, 0.5) is 5.69 Å². The fraction of sp³-hybridized carbons (Fsp3) is 0.333. The molecule has 4 heteroatoms. The summed E-state index contributed by atoms with van der Waals surface area (Å²) in [5, 5.41) is 0. The maximum absolute atomic E-state index is 10.8. The van der Waals surface area contributed by atoms with E-state index in [2.05, 4.69) is 4.99 Å². The number of ether oxygens (including phenoxy) is 1. The van der Waals surface area contributed by atoms with Crippen molar-refractivity contribution in [2.24, 2.45) is 4.99 Å². The second-order valence-corrected chi connectivity index (χ2v) is 3.53. The molecule has 0 heterocycles. The minimum atomic E-state index is 0.417. The van der Waals surface area contributed by atoms with Gasteiger partial charge < -0.3 is 9.64 Å². The van der Waals surface area contributed by atoms with E-state index in [-0.39, 0.29) is 0 Å². The van der Waals surface area contributed by atoms with Gasteiger partial charge in [-0.1, -0.05) is 12.1 Å². The predicted octanol–water partition coefficient (Wildman–Crippen LogP) is 1.74. The van der Waals surface area contributed by atoms with Gasteiger partial charge in [-0.3, -0.25) is 4.79 Å². The standard InChI is InChI=1S/C12H16N2O2/c1-14(2)12(9-16-3)13-11-7-5-4-6-10(11)8-15/h4-8H,9H2,1-3H3. The minimum Gasteiger partial charge on any atom is -0.377 e. The lowest BCUT2D eigenvalue weighted by atomic mass is 10.2. The van der Waals surface area contributed by atoms with Crippen LogP contribution in [0.2, 0.25) is 0 Å². The van der Waals surface area contributed by atoms with E-state index in [0.717, 1.165) is 12.1 Å². The molecule has 0 saturated carbocycles. The Labute approximate surface area is 95.6 Å². The second-order valence-electron chi connectivity index (χ2n) is 3.53. The molecule has 0 saturated heterocycles. The number of rotatable bonds is 4. The third-order valence-electron chi connectivity index (χ3n) is 2.10. The minimum absolute atomic E-state index is 0.417. The Hall–Kier alpha value is -1.68. The van der Waals surface area contributed by atoms with Crippen molar-refractivity contribution in [1.82, 2.24) is 4.90 Å². The molecule has 0 bridgehead atoms. The molecule has 0 aliphatic rings. The quantitative estimate of drug-likeness (QED) is 0.441. The lowest BCUT2D eigenvalue weighted by Crippen LogP contribution is -2.26. The molecule has 0 spiro atoms. The maximum Gasteiger partial charge on any atom is 0.152 e. The monoisotopic (exact) mass is 220 g/mol. The van der Waals surface area contributed by atoms with E-state index in [1.165, 1.54) is 0 Å². The van der Waals surface area contributed by atoms with Gasteiger partial charge in [-0.25, -0.2) is 4.99 Å². The van der Waals surface area contributed by atoms with Gasteiger partial charge in [0.05, 0.1) is 5.69 Å². The molecular weight excluding hydrogens is 204 g/mol. The molecule has 16 heavy (non-hydrogen) atoms. The number of methoxy groups -OCH3 is 1. The smallest absolute Gasteiger partial charge is 0.152 e. The Bertz CT molecular complexity index is 386. The number of likely N-dealkylation sites (N-methyl/N-ethyl adjacent to an activating group) is 1. The SMILES string of the molecule is COCC(=Nc1ccccc1C=O)N(C)C. The van der Waals surface area contributed by atoms with Crippen LogP contribution < -0.4 is 0 Å². The first kappa shape index (κ1) is 12.4. The Morgan fingerprint density at radius 3 is 2.69 bits per heavy atom. The molecule has 1 rings (SSSR count). The van der Waals surface area contributed by atoms with E-state index < -0.39 is 0 Å². The third-order valence-corrected chi connectivity index (χ3v) is 2.10. The van der Waals surface area contributed by atoms with Crippen LogP contribution >= 0.6 is 0 Å². The highest BCUT2D eigenvalue weighted by Crippen LogP contribution is 2.17. The number of aldehydes is 1. The van der Waals surface area contributed by atoms with E-state index in [0.29, 0.717) is 17.9 Å². The lowest BCUT2D eigenvalue weighted by molar-refractivity contribution is 0.112. The number of nitrogens with zero attached hydrogens (tertiary/aromatic N) is 2. The van der Waals surface area contributed by atoms with Gasteiger partial charge in [-0.05, 0) is 12.1 Å². The number of hydrogen-bond donors (Lipinski definition) is 0. The summed E-state index contributed by atoms with van der Waals surface area (Å²) < 4.78 is 5.05. The van der Waals surface area contributed by atoms with Gasteiger partial charge in [-0.2, -0.15) is 0 Å². The summed E-state index contributed by atoms with van der Waals surface area (Å²) in [6.07, 6.45) is 0.804. The van der Waals surface area contributed by atoms with Gasteiger partial charge in [0.1, 0.15) is 12.4 Å². The summed E-state index contributed by atoms with van der Waals surface area (Å²) in [6.45, 7) is 0.417. The van der Waals surface area contributed by atoms with Crippen LogP contribution in [0.15, 0.2) is 29.3 Å². The van der Waals surface area contributed by atoms with E-state index in [9.17, 15) is 4.79 Å². The van der Waals surface area contributed by atoms with Crippen LogP contribution in [0.5, 0.6) is 0 Å². The number of para-hydroxylation sites is 1. The molecule has 0 fully saturated rings. The summed E-state index contributed by atoms with van der Waals surface area (Å²) in [7, 11) is 5.40. The van der Waals surface area contributed by atoms with Crippen LogP contribution in [0.1, 0.15) is 10.4 Å². The van der Waals surface area contributed by atoms with Crippen LogP contribution in [-0.2, 0) is 4.74 Å². The topological polar surface area (TPSA) is 41.9 Å². The third kappa shape index (κ3) is 3.17. The fourth-order valence-corrected chi connectivity index (χ4v) is 1.22. The highest BCUT2D eigenvalue weighted by molar-refractivity contribution is 5.90. The summed E-state index contributed by atoms with van der Waals surface area (Å²) in [5.41, 5.74) is 1.25. The van der Waals surface area contributed by atoms with Crippen LogP contribution in [0.3, 0.4) is 0 Å². The van der Waals surface area contributed by atoms with Crippen molar-refractivity contribution < 1.29 is 9.53 Å². The van der Waals surface area contributed by atoms with Crippen molar-refractivity contribution in [2.75, 3.05) is 27.8 Å². The number of hydrogen-bond acceptors (Lipinski definition) is 3. The molecule has 0 N–H and O–H groups in total. The molecule has 0 aromatic heterocycles. The zero-order valence-electron chi connectivity index (χ0n) is 9.80. The molecule has 0 radical (unpaired) electrons. The van der Waals surface area contributed by atoms with E-state index in [4.69, 9.17) is 4.74 Å². The lowest BCUT2D eigenvalue weighted by Gasteiger charge is -2.15. The van der Waals surface area contributed by atoms with Crippen molar-refractivity contribution in [2.45, 2.75) is 0 Å². The first-order chi connectivity index (χ1) is 7.69. The molecular formula is C12H16N2O2. The highest BCUT2D eigenvalue weighted by atomic mass is 16.5. The van der Waals surface area contributed by atoms with Crippen molar-refractivity contribution >= 4 is 17.8 Å². The molecule has 4 nitrogen and oxygen atoms in total. The normalized spacial score (nSPS) is 11.3. The summed E-state index contributed by atoms with van der Waals surface area (Å²) in [6, 6.07) is 7.22. The van der Waals surface area contributed by atoms with Gasteiger partial charge in [0, 0.05) is 26.8 Å². The maximum atomic E-state index is 10.8. The van der Waals surface area contributed by atoms with Crippen LogP contribution in [0.25, 0.3) is 0 Å². The van der Waals surface area contributed by atoms with Crippen molar-refractivity contribution in [3.63, 3.8) is 0 Å². The van der Waals surface area contributed by atoms with Gasteiger partial charge >= 0.3 is 0 Å². The largest absolute Gasteiger partial charge is 0.377 e. The van der Waals surface area contributed by atoms with Gasteiger partial charge in [0.25, 0.3) is 0 Å². The molecule has 1 aromatic rings. The van der Waals surface area contributed by atoms with Gasteiger partial charge in [0.2, 0.25) is 0 Å². The van der Waals surface area contributed by atoms with Gasteiger partial charge in [0.15, 0.2) is 6.29 Å². The van der Waals surface area contributed by atoms with Crippen LogP contribution in [-0.4, -0.2) is 44.8 Å². The zero-order valence-corrected chi connectivity index (χ0v) is 9.80. The molecule has 0 unspecified atom stereocenters. The average molecular weight is 220 g/mol. The zero-order chi connectivity index (χ0) is 12.0. The van der Waals surface area contributed by atoms with Gasteiger partial charge in [-0.15, -0.1) is 0 Å². The average Bonchev–Trinajstić information content (AvgIpc) is 2.29. The van der Waals surface area contributed by atoms with E-state index in [1.807, 2.05) is 37.2 Å². The fourth-order valence-electron chi connectivity index (χ4n) is 1.22. The van der Waals surface area contributed by atoms with E-state index in [1.54, 1.807) is 13.2 Å². The Kier molecular flexibility index (Phi) is 4.66. The number of carbonyl (C=O) groups is 1. The number of amidine groups is 1. The predicted molar refractivity (Wildman–Crippen MR) is 64.5 cm³/mol. The second kappa shape index (κ2) is 6.02. The number of carbonyl (C=O) groups excluding carboxylic acids is 1. The number of aliphatic imine (C=N–C) groups is 1. The Balaban J connectivity index is 3.06. The first-order valence-electron chi connectivity index (χ1n) is 4.97. The molecule has 0 aliphatic carbocycles. The van der Waals surface area contributed by atoms with Crippen LogP contribution in [0, 0.1) is 0 Å². The molecule has 86 valence electrons. The summed E-state index contributed by atoms with van der Waals surface area (Å²) in [4.78, 5) is 17.1. The summed E-state index contributed by atoms with van der Waals surface area (Å²) >= 11 is 0. The van der Waals surface area contributed by atoms with E-state index >= 15 is 0 Å². The molecule has 0 atom stereocenters. The van der Waals surface area contributed by atoms with Crippen molar-refractivity contribution in [3.8, 4) is 0 Å².